The molecule has 2 rings (SSSR count). The number of hydrogen-bond acceptors (Lipinski definition) is 4. The predicted molar refractivity (Wildman–Crippen MR) is 78.6 cm³/mol. The Kier molecular flexibility index (Phi) is 4.41. The zero-order valence-corrected chi connectivity index (χ0v) is 12.3. The average molecular weight is 270 g/mol. The van der Waals surface area contributed by atoms with Gasteiger partial charge in [-0.15, -0.1) is 0 Å². The molecule has 1 aromatic carbocycles. The molecule has 0 atom stereocenters. The second-order valence-electron chi connectivity index (χ2n) is 4.35. The van der Waals surface area contributed by atoms with Gasteiger partial charge in [-0.1, -0.05) is 6.07 Å². The Morgan fingerprint density at radius 1 is 1.21 bits per heavy atom. The lowest BCUT2D eigenvalue weighted by Gasteiger charge is -2.11. The summed E-state index contributed by atoms with van der Waals surface area (Å²) in [6, 6.07) is 7.76. The predicted octanol–water partition coefficient (Wildman–Crippen LogP) is 3.17. The van der Waals surface area contributed by atoms with Gasteiger partial charge in [0, 0.05) is 12.4 Å². The Bertz CT molecular complexity index is 570. The minimum atomic E-state index is -0.813. The maximum atomic E-state index is 5.86. The molecule has 0 amide bonds. The van der Waals surface area contributed by atoms with E-state index in [0.717, 1.165) is 17.0 Å². The Balaban J connectivity index is 2.26. The lowest BCUT2D eigenvalue weighted by atomic mass is 10.2. The van der Waals surface area contributed by atoms with Crippen LogP contribution in [0.5, 0.6) is 5.75 Å². The normalized spacial score (nSPS) is 11.2. The van der Waals surface area contributed by atoms with Crippen molar-refractivity contribution in [1.29, 1.82) is 0 Å². The lowest BCUT2D eigenvalue weighted by Crippen LogP contribution is -2.11. The van der Waals surface area contributed by atoms with Crippen molar-refractivity contribution in [3.63, 3.8) is 0 Å². The van der Waals surface area contributed by atoms with Crippen LogP contribution in [-0.2, 0) is 0 Å². The van der Waals surface area contributed by atoms with Crippen LogP contribution in [0.3, 0.4) is 0 Å². The maximum absolute atomic E-state index is 5.86. The summed E-state index contributed by atoms with van der Waals surface area (Å²) >= 11 is 0. The van der Waals surface area contributed by atoms with E-state index in [1.54, 1.807) is 24.7 Å². The van der Waals surface area contributed by atoms with Crippen LogP contribution in [0.15, 0.2) is 41.7 Å². The number of aryl methyl sites for hydroxylation is 1. The molecule has 19 heavy (non-hydrogen) atoms. The van der Waals surface area contributed by atoms with E-state index < -0.39 is 9.04 Å². The summed E-state index contributed by atoms with van der Waals surface area (Å²) in [5.74, 6) is 1.42. The molecule has 0 aliphatic heterocycles. The summed E-state index contributed by atoms with van der Waals surface area (Å²) in [5.41, 5.74) is 1.97. The van der Waals surface area contributed by atoms with Crippen molar-refractivity contribution in [2.45, 2.75) is 20.0 Å². The number of nitrogens with zero attached hydrogens (tertiary/aromatic N) is 3. The van der Waals surface area contributed by atoms with Crippen LogP contribution < -0.4 is 4.43 Å². The van der Waals surface area contributed by atoms with Crippen molar-refractivity contribution < 1.29 is 4.43 Å². The maximum Gasteiger partial charge on any atom is 0.274 e. The van der Waals surface area contributed by atoms with Crippen LogP contribution in [0, 0.1) is 6.92 Å². The summed E-state index contributed by atoms with van der Waals surface area (Å²) in [6.45, 7) is 6.24. The highest BCUT2D eigenvalue weighted by atomic mass is 28.3. The highest BCUT2D eigenvalue weighted by Gasteiger charge is 2.06. The van der Waals surface area contributed by atoms with Crippen molar-refractivity contribution >= 4 is 20.9 Å². The van der Waals surface area contributed by atoms with Gasteiger partial charge in [-0.05, 0) is 43.8 Å². The van der Waals surface area contributed by atoms with Crippen LogP contribution in [-0.4, -0.2) is 25.2 Å². The molecule has 0 fully saturated rings. The number of aromatic nitrogens is 2. The van der Waals surface area contributed by atoms with Gasteiger partial charge in [0.2, 0.25) is 0 Å². The third-order valence-corrected chi connectivity index (χ3v) is 2.96. The van der Waals surface area contributed by atoms with E-state index in [2.05, 4.69) is 28.1 Å². The second kappa shape index (κ2) is 6.24. The molecular formula is C14H16N3OSi. The first kappa shape index (κ1) is 13.4. The molecule has 0 saturated carbocycles. The molecule has 0 aliphatic rings. The fourth-order valence-electron chi connectivity index (χ4n) is 1.53. The fraction of sp³-hybridized carbons (Fsp3) is 0.214. The van der Waals surface area contributed by atoms with E-state index >= 15 is 0 Å². The van der Waals surface area contributed by atoms with Crippen molar-refractivity contribution in [2.24, 2.45) is 4.99 Å². The molecule has 4 nitrogen and oxygen atoms in total. The third kappa shape index (κ3) is 3.99. The molecule has 0 bridgehead atoms. The van der Waals surface area contributed by atoms with Gasteiger partial charge in [0.25, 0.3) is 9.04 Å². The first-order valence-electron chi connectivity index (χ1n) is 6.05. The highest BCUT2D eigenvalue weighted by Crippen LogP contribution is 2.28. The third-order valence-electron chi connectivity index (χ3n) is 2.33. The highest BCUT2D eigenvalue weighted by molar-refractivity contribution is 6.49. The Morgan fingerprint density at radius 3 is 2.63 bits per heavy atom. The van der Waals surface area contributed by atoms with Gasteiger partial charge < -0.3 is 4.43 Å². The molecular weight excluding hydrogens is 254 g/mol. The quantitative estimate of drug-likeness (QED) is 0.633. The molecule has 97 valence electrons. The van der Waals surface area contributed by atoms with Crippen molar-refractivity contribution in [1.82, 2.24) is 9.97 Å². The largest absolute Gasteiger partial charge is 0.541 e. The fourth-order valence-corrected chi connectivity index (χ4v) is 2.14. The van der Waals surface area contributed by atoms with E-state index in [0.29, 0.717) is 5.82 Å². The van der Waals surface area contributed by atoms with E-state index in [-0.39, 0.29) is 0 Å². The molecule has 5 heteroatoms. The van der Waals surface area contributed by atoms with Crippen LogP contribution in [0.2, 0.25) is 13.1 Å². The van der Waals surface area contributed by atoms with Crippen molar-refractivity contribution in [3.05, 3.63) is 48.0 Å². The first-order chi connectivity index (χ1) is 9.15. The van der Waals surface area contributed by atoms with Crippen molar-refractivity contribution in [3.8, 4) is 5.75 Å². The number of aliphatic imine (C=N–C) groups is 1. The minimum Gasteiger partial charge on any atom is -0.541 e. The summed E-state index contributed by atoms with van der Waals surface area (Å²) in [4.78, 5) is 12.6. The van der Waals surface area contributed by atoms with Gasteiger partial charge >= 0.3 is 0 Å². The molecule has 1 radical (unpaired) electrons. The Labute approximate surface area is 114 Å². The van der Waals surface area contributed by atoms with Gasteiger partial charge in [-0.3, -0.25) is 0 Å². The molecule has 2 aromatic rings. The van der Waals surface area contributed by atoms with E-state index in [1.165, 1.54) is 0 Å². The van der Waals surface area contributed by atoms with Gasteiger partial charge in [0.1, 0.15) is 11.4 Å². The number of hydrogen-bond donors (Lipinski definition) is 0. The van der Waals surface area contributed by atoms with Gasteiger partial charge in [0.05, 0.1) is 6.21 Å². The first-order valence-corrected chi connectivity index (χ1v) is 8.46. The Morgan fingerprint density at radius 2 is 1.95 bits per heavy atom. The second-order valence-corrected chi connectivity index (χ2v) is 6.37. The van der Waals surface area contributed by atoms with Crippen molar-refractivity contribution in [2.75, 3.05) is 0 Å². The smallest absolute Gasteiger partial charge is 0.274 e. The standard InChI is InChI=1S/C14H16N3OSi/c1-11-5-6-12(13(9-11)18-19(2)3)17-10-14-15-7-4-8-16-14/h4-10H,1-3H3. The topological polar surface area (TPSA) is 47.4 Å². The van der Waals surface area contributed by atoms with E-state index in [9.17, 15) is 0 Å². The lowest BCUT2D eigenvalue weighted by molar-refractivity contribution is 0.581. The average Bonchev–Trinajstić information content (AvgIpc) is 2.38. The monoisotopic (exact) mass is 270 g/mol. The van der Waals surface area contributed by atoms with Crippen LogP contribution >= 0.6 is 0 Å². The summed E-state index contributed by atoms with van der Waals surface area (Å²) in [7, 11) is -0.813. The van der Waals surface area contributed by atoms with E-state index in [1.807, 2.05) is 25.1 Å². The molecule has 0 unspecified atom stereocenters. The molecule has 1 heterocycles. The summed E-state index contributed by atoms with van der Waals surface area (Å²) in [5, 5.41) is 0. The van der Waals surface area contributed by atoms with E-state index in [4.69, 9.17) is 4.43 Å². The minimum absolute atomic E-state index is 0.590. The van der Waals surface area contributed by atoms with Gasteiger partial charge in [-0.2, -0.15) is 0 Å². The van der Waals surface area contributed by atoms with Crippen LogP contribution in [0.1, 0.15) is 11.4 Å². The SMILES string of the molecule is Cc1ccc(N=Cc2ncccn2)c(O[Si](C)C)c1. The molecule has 0 saturated heterocycles. The number of rotatable bonds is 4. The zero-order chi connectivity index (χ0) is 13.7. The summed E-state index contributed by atoms with van der Waals surface area (Å²) in [6.07, 6.45) is 5.04. The molecule has 0 aliphatic carbocycles. The molecule has 1 aromatic heterocycles. The molecule has 0 spiro atoms. The zero-order valence-electron chi connectivity index (χ0n) is 11.3. The number of benzene rings is 1. The summed E-state index contributed by atoms with van der Waals surface area (Å²) < 4.78 is 5.86. The Hall–Kier alpha value is -2.01. The molecule has 0 N–H and O–H groups in total. The van der Waals surface area contributed by atoms with Crippen LogP contribution in [0.4, 0.5) is 5.69 Å². The van der Waals surface area contributed by atoms with Gasteiger partial charge in [-0.25, -0.2) is 15.0 Å². The van der Waals surface area contributed by atoms with Crippen LogP contribution in [0.25, 0.3) is 0 Å². The van der Waals surface area contributed by atoms with Gasteiger partial charge in [0.15, 0.2) is 5.82 Å².